The number of nitrogens with one attached hydrogen (secondary N) is 1. The molecular formula is C23H29N2O3S+. The minimum Gasteiger partial charge on any atom is -0.507 e. The molecule has 1 atom stereocenters. The zero-order valence-electron chi connectivity index (χ0n) is 17.4. The average Bonchev–Trinajstić information content (AvgIpc) is 3.30. The molecule has 1 amide bonds. The van der Waals surface area contributed by atoms with Crippen LogP contribution in [0.25, 0.3) is 5.76 Å². The predicted molar refractivity (Wildman–Crippen MR) is 116 cm³/mol. The number of nitrogens with zero attached hydrogens (tertiary/aromatic N) is 1. The molecule has 3 rings (SSSR count). The Morgan fingerprint density at radius 3 is 2.28 bits per heavy atom. The zero-order valence-corrected chi connectivity index (χ0v) is 18.2. The van der Waals surface area contributed by atoms with Gasteiger partial charge in [-0.1, -0.05) is 36.4 Å². The van der Waals surface area contributed by atoms with Crippen LogP contribution in [0, 0.1) is 0 Å². The van der Waals surface area contributed by atoms with Crippen LogP contribution in [-0.2, 0) is 9.59 Å². The van der Waals surface area contributed by atoms with E-state index in [0.717, 1.165) is 11.4 Å². The third kappa shape index (κ3) is 4.28. The lowest BCUT2D eigenvalue weighted by Gasteiger charge is -2.31. The van der Waals surface area contributed by atoms with Gasteiger partial charge in [0.1, 0.15) is 5.76 Å². The van der Waals surface area contributed by atoms with E-state index >= 15 is 0 Å². The van der Waals surface area contributed by atoms with Gasteiger partial charge in [0.05, 0.1) is 36.8 Å². The van der Waals surface area contributed by atoms with Crippen LogP contribution in [0.15, 0.2) is 53.4 Å². The van der Waals surface area contributed by atoms with E-state index in [4.69, 9.17) is 0 Å². The number of benzene rings is 1. The van der Waals surface area contributed by atoms with Crippen LogP contribution < -0.4 is 4.90 Å². The Balaban J connectivity index is 2.01. The number of aliphatic hydroxyl groups excluding tert-OH is 1. The van der Waals surface area contributed by atoms with E-state index in [1.807, 2.05) is 23.6 Å². The van der Waals surface area contributed by atoms with Crippen molar-refractivity contribution >= 4 is 28.8 Å². The van der Waals surface area contributed by atoms with Crippen molar-refractivity contribution in [3.05, 3.63) is 63.9 Å². The highest BCUT2D eigenvalue weighted by Crippen LogP contribution is 2.40. The van der Waals surface area contributed by atoms with Crippen molar-refractivity contribution in [3.8, 4) is 0 Å². The largest absolute Gasteiger partial charge is 0.507 e. The molecule has 0 unspecified atom stereocenters. The van der Waals surface area contributed by atoms with E-state index in [2.05, 4.69) is 27.7 Å². The number of likely N-dealkylation sites (tertiary alicyclic amines) is 1. The molecule has 1 aliphatic rings. The van der Waals surface area contributed by atoms with Gasteiger partial charge in [0.2, 0.25) is 0 Å². The Labute approximate surface area is 176 Å². The standard InChI is InChI=1S/C23H28N2O3S/c1-15(2)24(16(3)4)12-13-25-20(18-11-8-14-29-18)19(22(27)23(25)28)21(26)17-9-6-5-7-10-17/h5-11,14-16,20,26H,12-13H2,1-4H3/p+1/t20-/m1/s1. The van der Waals surface area contributed by atoms with E-state index in [9.17, 15) is 14.7 Å². The summed E-state index contributed by atoms with van der Waals surface area (Å²) in [7, 11) is 0. The van der Waals surface area contributed by atoms with E-state index in [1.165, 1.54) is 16.2 Å². The second-order valence-electron chi connectivity index (χ2n) is 8.01. The quantitative estimate of drug-likeness (QED) is 0.417. The van der Waals surface area contributed by atoms with Crippen molar-refractivity contribution in [2.45, 2.75) is 45.8 Å². The molecule has 2 heterocycles. The molecule has 1 aromatic heterocycles. The summed E-state index contributed by atoms with van der Waals surface area (Å²) in [6, 6.07) is 13.1. The molecule has 0 saturated carbocycles. The molecule has 0 spiro atoms. The van der Waals surface area contributed by atoms with Crippen LogP contribution >= 0.6 is 11.3 Å². The Morgan fingerprint density at radius 2 is 1.72 bits per heavy atom. The normalized spacial score (nSPS) is 19.1. The highest BCUT2D eigenvalue weighted by molar-refractivity contribution is 7.10. The Kier molecular flexibility index (Phi) is 6.55. The minimum absolute atomic E-state index is 0.109. The summed E-state index contributed by atoms with van der Waals surface area (Å²) in [5, 5.41) is 12.9. The summed E-state index contributed by atoms with van der Waals surface area (Å²) >= 11 is 1.49. The molecule has 29 heavy (non-hydrogen) atoms. The van der Waals surface area contributed by atoms with Gasteiger partial charge in [0, 0.05) is 10.4 Å². The van der Waals surface area contributed by atoms with Crippen LogP contribution in [0.5, 0.6) is 0 Å². The number of amides is 1. The first-order chi connectivity index (χ1) is 13.8. The van der Waals surface area contributed by atoms with Crippen molar-refractivity contribution < 1.29 is 19.6 Å². The molecule has 0 aliphatic carbocycles. The molecule has 154 valence electrons. The lowest BCUT2D eigenvalue weighted by molar-refractivity contribution is -0.941. The van der Waals surface area contributed by atoms with Crippen LogP contribution in [-0.4, -0.2) is 46.9 Å². The molecule has 2 N–H and O–H groups in total. The van der Waals surface area contributed by atoms with E-state index in [1.54, 1.807) is 29.2 Å². The Hall–Kier alpha value is -2.44. The molecule has 5 nitrogen and oxygen atoms in total. The summed E-state index contributed by atoms with van der Waals surface area (Å²) in [5.74, 6) is -1.25. The monoisotopic (exact) mass is 413 g/mol. The van der Waals surface area contributed by atoms with Crippen molar-refractivity contribution in [1.29, 1.82) is 0 Å². The van der Waals surface area contributed by atoms with Crippen LogP contribution in [0.2, 0.25) is 0 Å². The van der Waals surface area contributed by atoms with Gasteiger partial charge in [-0.05, 0) is 39.1 Å². The van der Waals surface area contributed by atoms with Crippen molar-refractivity contribution in [2.75, 3.05) is 13.1 Å². The number of carbonyl (C=O) groups excluding carboxylic acids is 2. The van der Waals surface area contributed by atoms with Crippen molar-refractivity contribution in [2.24, 2.45) is 0 Å². The molecular weight excluding hydrogens is 384 g/mol. The van der Waals surface area contributed by atoms with Crippen LogP contribution in [0.4, 0.5) is 0 Å². The van der Waals surface area contributed by atoms with Gasteiger partial charge in [0.15, 0.2) is 0 Å². The first-order valence-corrected chi connectivity index (χ1v) is 10.9. The van der Waals surface area contributed by atoms with Gasteiger partial charge in [0.25, 0.3) is 11.7 Å². The van der Waals surface area contributed by atoms with Gasteiger partial charge >= 0.3 is 0 Å². The maximum atomic E-state index is 12.9. The fraction of sp³-hybridized carbons (Fsp3) is 0.391. The second-order valence-corrected chi connectivity index (χ2v) is 8.99. The van der Waals surface area contributed by atoms with E-state index < -0.39 is 17.7 Å². The lowest BCUT2D eigenvalue weighted by Crippen LogP contribution is -3.18. The number of Topliss-reactive ketones (excluding diaryl/α,β-unsaturated/α-hetero) is 1. The first-order valence-electron chi connectivity index (χ1n) is 10.1. The smallest absolute Gasteiger partial charge is 0.295 e. The molecule has 6 heteroatoms. The fourth-order valence-electron chi connectivity index (χ4n) is 4.10. The summed E-state index contributed by atoms with van der Waals surface area (Å²) in [5.41, 5.74) is 0.725. The Bertz CT molecular complexity index is 880. The minimum atomic E-state index is -0.611. The number of hydrogen-bond acceptors (Lipinski definition) is 4. The highest BCUT2D eigenvalue weighted by atomic mass is 32.1. The topological polar surface area (TPSA) is 62.0 Å². The average molecular weight is 414 g/mol. The van der Waals surface area contributed by atoms with Gasteiger partial charge in [-0.2, -0.15) is 0 Å². The number of rotatable bonds is 7. The third-order valence-corrected chi connectivity index (χ3v) is 6.45. The van der Waals surface area contributed by atoms with Gasteiger partial charge < -0.3 is 14.9 Å². The maximum absolute atomic E-state index is 12.9. The second kappa shape index (κ2) is 8.93. The van der Waals surface area contributed by atoms with Crippen molar-refractivity contribution in [1.82, 2.24) is 4.90 Å². The summed E-state index contributed by atoms with van der Waals surface area (Å²) in [6.45, 7) is 9.86. The number of carbonyl (C=O) groups is 2. The predicted octanol–water partition coefficient (Wildman–Crippen LogP) is 2.87. The summed E-state index contributed by atoms with van der Waals surface area (Å²) < 4.78 is 0. The summed E-state index contributed by atoms with van der Waals surface area (Å²) in [4.78, 5) is 29.8. The highest BCUT2D eigenvalue weighted by Gasteiger charge is 2.46. The van der Waals surface area contributed by atoms with Crippen LogP contribution in [0.3, 0.4) is 0 Å². The first kappa shape index (κ1) is 21.3. The van der Waals surface area contributed by atoms with E-state index in [-0.39, 0.29) is 11.3 Å². The molecule has 1 saturated heterocycles. The zero-order chi connectivity index (χ0) is 21.1. The molecule has 2 aromatic rings. The van der Waals surface area contributed by atoms with E-state index in [0.29, 0.717) is 24.2 Å². The Morgan fingerprint density at radius 1 is 1.07 bits per heavy atom. The number of hydrogen-bond donors (Lipinski definition) is 2. The SMILES string of the molecule is CC(C)[NH+](CCN1C(=O)C(=O)C(=C(O)c2ccccc2)[C@H]1c1cccs1)C(C)C. The van der Waals surface area contributed by atoms with Gasteiger partial charge in [-0.3, -0.25) is 9.59 Å². The number of ketones is 1. The van der Waals surface area contributed by atoms with Gasteiger partial charge in [-0.25, -0.2) is 0 Å². The molecule has 1 fully saturated rings. The molecule has 0 radical (unpaired) electrons. The molecule has 1 aromatic carbocycles. The van der Waals surface area contributed by atoms with Crippen molar-refractivity contribution in [3.63, 3.8) is 0 Å². The molecule has 1 aliphatic heterocycles. The third-order valence-electron chi connectivity index (χ3n) is 5.52. The van der Waals surface area contributed by atoms with Gasteiger partial charge in [-0.15, -0.1) is 11.3 Å². The van der Waals surface area contributed by atoms with Crippen LogP contribution in [0.1, 0.15) is 44.2 Å². The molecule has 0 bridgehead atoms. The summed E-state index contributed by atoms with van der Waals surface area (Å²) in [6.07, 6.45) is 0. The number of thiophene rings is 1. The number of aliphatic hydroxyl groups is 1. The number of quaternary nitrogens is 1. The maximum Gasteiger partial charge on any atom is 0.295 e. The fourth-order valence-corrected chi connectivity index (χ4v) is 4.94. The lowest BCUT2D eigenvalue weighted by atomic mass is 10.00.